The van der Waals surface area contributed by atoms with Gasteiger partial charge in [-0.15, -0.1) is 0 Å². The van der Waals surface area contributed by atoms with Crippen LogP contribution in [0.3, 0.4) is 0 Å². The summed E-state index contributed by atoms with van der Waals surface area (Å²) in [6, 6.07) is 13.8. The summed E-state index contributed by atoms with van der Waals surface area (Å²) in [6.07, 6.45) is 5.87. The van der Waals surface area contributed by atoms with Gasteiger partial charge in [0.1, 0.15) is 36.1 Å². The number of hydrogen-bond donors (Lipinski definition) is 0. The molecular formula is C39H45ClN4O7. The maximum Gasteiger partial charge on any atom is 0.339 e. The molecule has 0 radical (unpaired) electrons. The number of rotatable bonds is 13. The first kappa shape index (κ1) is 37.5. The van der Waals surface area contributed by atoms with Crippen molar-refractivity contribution >= 4 is 34.9 Å². The number of halogens is 1. The van der Waals surface area contributed by atoms with Gasteiger partial charge in [-0.3, -0.25) is 9.69 Å². The molecule has 51 heavy (non-hydrogen) atoms. The molecule has 4 aromatic rings. The van der Waals surface area contributed by atoms with Crippen molar-refractivity contribution in [1.82, 2.24) is 14.5 Å². The first-order valence-corrected chi connectivity index (χ1v) is 17.3. The van der Waals surface area contributed by atoms with E-state index >= 15 is 0 Å². The Morgan fingerprint density at radius 3 is 2.51 bits per heavy atom. The van der Waals surface area contributed by atoms with Crippen LogP contribution >= 0.6 is 11.6 Å². The van der Waals surface area contributed by atoms with Crippen LogP contribution in [0.2, 0.25) is 5.02 Å². The number of aromatic nitrogens is 3. The van der Waals surface area contributed by atoms with E-state index in [9.17, 15) is 9.59 Å². The van der Waals surface area contributed by atoms with Gasteiger partial charge in [0.25, 0.3) is 5.91 Å². The molecule has 0 saturated carbocycles. The van der Waals surface area contributed by atoms with E-state index in [4.69, 9.17) is 35.3 Å². The number of hydrogen-bond acceptors (Lipinski definition) is 9. The van der Waals surface area contributed by atoms with Crippen molar-refractivity contribution in [3.8, 4) is 22.9 Å². The third-order valence-corrected chi connectivity index (χ3v) is 8.40. The molecule has 1 atom stereocenters. The van der Waals surface area contributed by atoms with Crippen LogP contribution in [0.5, 0.6) is 11.6 Å². The molecule has 0 N–H and O–H groups in total. The Balaban J connectivity index is 1.55. The summed E-state index contributed by atoms with van der Waals surface area (Å²) in [6.45, 7) is 14.2. The summed E-state index contributed by atoms with van der Waals surface area (Å²) in [5.41, 5.74) is 2.63. The van der Waals surface area contributed by atoms with Crippen LogP contribution in [-0.4, -0.2) is 64.7 Å². The lowest BCUT2D eigenvalue weighted by molar-refractivity contribution is -0.165. The topological polar surface area (TPSA) is 114 Å². The van der Waals surface area contributed by atoms with Crippen molar-refractivity contribution in [3.63, 3.8) is 0 Å². The molecule has 1 aliphatic rings. The van der Waals surface area contributed by atoms with Crippen LogP contribution in [0.25, 0.3) is 11.3 Å². The quantitative estimate of drug-likeness (QED) is 0.0768. The molecule has 5 rings (SSSR count). The van der Waals surface area contributed by atoms with Gasteiger partial charge in [0, 0.05) is 41.3 Å². The monoisotopic (exact) mass is 716 g/mol. The van der Waals surface area contributed by atoms with Crippen LogP contribution in [0.4, 0.5) is 11.4 Å². The van der Waals surface area contributed by atoms with E-state index in [1.165, 1.54) is 4.90 Å². The maximum atomic E-state index is 14.9. The zero-order chi connectivity index (χ0) is 36.7. The largest absolute Gasteiger partial charge is 0.490 e. The fraction of sp³-hybridized carbons (Fsp3) is 0.385. The van der Waals surface area contributed by atoms with Gasteiger partial charge < -0.3 is 28.3 Å². The lowest BCUT2D eigenvalue weighted by Crippen LogP contribution is -2.28. The van der Waals surface area contributed by atoms with E-state index < -0.39 is 11.6 Å². The second kappa shape index (κ2) is 16.5. The Hall–Kier alpha value is -4.71. The number of carbonyl (C=O) groups excluding carboxylic acids is 2. The smallest absolute Gasteiger partial charge is 0.339 e. The molecule has 0 bridgehead atoms. The average molecular weight is 717 g/mol. The third-order valence-electron chi connectivity index (χ3n) is 8.17. The van der Waals surface area contributed by atoms with Crippen LogP contribution in [-0.2, 0) is 21.3 Å². The molecule has 270 valence electrons. The lowest BCUT2D eigenvalue weighted by Gasteiger charge is -2.25. The first-order valence-electron chi connectivity index (χ1n) is 16.9. The predicted octanol–water partition coefficient (Wildman–Crippen LogP) is 8.17. The van der Waals surface area contributed by atoms with Gasteiger partial charge in [-0.1, -0.05) is 24.3 Å². The zero-order valence-electron chi connectivity index (χ0n) is 30.0. The van der Waals surface area contributed by atoms with Crippen LogP contribution in [0, 0.1) is 13.8 Å². The van der Waals surface area contributed by atoms with E-state index in [0.717, 1.165) is 19.3 Å². The number of carbonyl (C=O) groups is 2. The van der Waals surface area contributed by atoms with Gasteiger partial charge in [-0.05, 0) is 102 Å². The Bertz CT molecular complexity index is 1860. The lowest BCUT2D eigenvalue weighted by atomic mass is 10.0. The number of amides is 1. The Labute approximate surface area is 304 Å². The van der Waals surface area contributed by atoms with Crippen LogP contribution < -0.4 is 14.4 Å². The molecule has 3 heterocycles. The third kappa shape index (κ3) is 9.35. The number of ether oxygens (including phenoxy) is 5. The van der Waals surface area contributed by atoms with Crippen molar-refractivity contribution in [1.29, 1.82) is 0 Å². The average Bonchev–Trinajstić information content (AvgIpc) is 3.40. The maximum absolute atomic E-state index is 14.9. The summed E-state index contributed by atoms with van der Waals surface area (Å²) in [5, 5.41) is 0.432. The molecule has 2 aromatic carbocycles. The number of esters is 1. The minimum absolute atomic E-state index is 0.177. The molecule has 0 spiro atoms. The van der Waals surface area contributed by atoms with E-state index in [0.29, 0.717) is 69.3 Å². The molecule has 12 heteroatoms. The van der Waals surface area contributed by atoms with E-state index in [1.807, 2.05) is 39.3 Å². The minimum Gasteiger partial charge on any atom is -0.490 e. The normalized spacial score (nSPS) is 14.5. The van der Waals surface area contributed by atoms with Crippen LogP contribution in [0.1, 0.15) is 72.3 Å². The van der Waals surface area contributed by atoms with Crippen LogP contribution in [0.15, 0.2) is 67.4 Å². The van der Waals surface area contributed by atoms with Crippen molar-refractivity contribution in [2.24, 2.45) is 7.05 Å². The Kier molecular flexibility index (Phi) is 12.2. The van der Waals surface area contributed by atoms with E-state index in [-0.39, 0.29) is 31.3 Å². The SMILES string of the molecule is C=CCOc1ccc(N(C(=O)c2cc(-c3cc(Cl)ccc3C(=O)OC(C)(C)C)n(C)c2C)c2cnc(C)nc2OCCOC2CCCCO2)cc1. The van der Waals surface area contributed by atoms with Gasteiger partial charge >= 0.3 is 5.97 Å². The molecule has 1 saturated heterocycles. The van der Waals surface area contributed by atoms with Crippen molar-refractivity contribution in [2.45, 2.75) is 65.8 Å². The van der Waals surface area contributed by atoms with Crippen molar-refractivity contribution in [2.75, 3.05) is 31.3 Å². The minimum atomic E-state index is -0.711. The zero-order valence-corrected chi connectivity index (χ0v) is 30.8. The standard InChI is InChI=1S/C39H45ClN4O7/c1-8-18-47-29-15-13-28(14-16-29)44(34-24-41-26(3)42-36(34)50-21-20-49-35-11-9-10-19-48-35)37(45)31-23-33(43(7)25(31)2)32-22-27(40)12-17-30(32)38(46)51-39(4,5)6/h8,12-17,22-24,35H,1,9-11,18-21H2,2-7H3. The van der Waals surface area contributed by atoms with E-state index in [1.54, 1.807) is 67.7 Å². The summed E-state index contributed by atoms with van der Waals surface area (Å²) in [4.78, 5) is 38.7. The van der Waals surface area contributed by atoms with E-state index in [2.05, 4.69) is 16.5 Å². The molecule has 1 amide bonds. The molecule has 0 aliphatic carbocycles. The van der Waals surface area contributed by atoms with Gasteiger partial charge in [0.15, 0.2) is 6.29 Å². The summed E-state index contributed by atoms with van der Waals surface area (Å²) < 4.78 is 31.0. The number of benzene rings is 2. The number of anilines is 2. The number of aryl methyl sites for hydroxylation is 1. The molecule has 11 nitrogen and oxygen atoms in total. The molecule has 1 aliphatic heterocycles. The van der Waals surface area contributed by atoms with Gasteiger partial charge in [-0.2, -0.15) is 4.98 Å². The summed E-state index contributed by atoms with van der Waals surface area (Å²) in [7, 11) is 1.83. The molecular weight excluding hydrogens is 672 g/mol. The molecule has 2 aromatic heterocycles. The second-order valence-electron chi connectivity index (χ2n) is 13.1. The van der Waals surface area contributed by atoms with Crippen molar-refractivity contribution in [3.05, 3.63) is 95.1 Å². The Morgan fingerprint density at radius 1 is 1.06 bits per heavy atom. The highest BCUT2D eigenvalue weighted by molar-refractivity contribution is 6.31. The number of nitrogens with zero attached hydrogens (tertiary/aromatic N) is 4. The van der Waals surface area contributed by atoms with Gasteiger partial charge in [0.05, 0.1) is 23.9 Å². The predicted molar refractivity (Wildman–Crippen MR) is 196 cm³/mol. The second-order valence-corrected chi connectivity index (χ2v) is 13.6. The highest BCUT2D eigenvalue weighted by Crippen LogP contribution is 2.37. The fourth-order valence-corrected chi connectivity index (χ4v) is 5.78. The summed E-state index contributed by atoms with van der Waals surface area (Å²) in [5.74, 6) is 0.420. The Morgan fingerprint density at radius 2 is 1.82 bits per heavy atom. The highest BCUT2D eigenvalue weighted by atomic mass is 35.5. The van der Waals surface area contributed by atoms with Gasteiger partial charge in [-0.25, -0.2) is 9.78 Å². The molecule has 1 fully saturated rings. The molecule has 1 unspecified atom stereocenters. The fourth-order valence-electron chi connectivity index (χ4n) is 5.61. The van der Waals surface area contributed by atoms with Gasteiger partial charge in [0.2, 0.25) is 5.88 Å². The highest BCUT2D eigenvalue weighted by Gasteiger charge is 2.30. The first-order chi connectivity index (χ1) is 24.4. The van der Waals surface area contributed by atoms with Crippen molar-refractivity contribution < 1.29 is 33.3 Å². The summed E-state index contributed by atoms with van der Waals surface area (Å²) >= 11 is 6.45.